The van der Waals surface area contributed by atoms with Crippen molar-refractivity contribution >= 4 is 52.5 Å². The first-order valence-electron chi connectivity index (χ1n) is 9.51. The van der Waals surface area contributed by atoms with Gasteiger partial charge in [-0.15, -0.1) is 6.58 Å². The number of rotatable bonds is 7. The zero-order valence-electron chi connectivity index (χ0n) is 17.1. The van der Waals surface area contributed by atoms with Gasteiger partial charge in [-0.3, -0.25) is 14.5 Å². The van der Waals surface area contributed by atoms with Gasteiger partial charge in [0.2, 0.25) is 5.91 Å². The molecular formula is C23H19Cl2N3O3S. The smallest absolute Gasteiger partial charge is 0.264 e. The van der Waals surface area contributed by atoms with Gasteiger partial charge in [-0.1, -0.05) is 47.1 Å². The molecule has 1 heterocycles. The van der Waals surface area contributed by atoms with Crippen molar-refractivity contribution in [3.05, 3.63) is 81.3 Å². The van der Waals surface area contributed by atoms with E-state index >= 15 is 0 Å². The average molecular weight is 488 g/mol. The van der Waals surface area contributed by atoms with Crippen LogP contribution < -0.4 is 15.0 Å². The summed E-state index contributed by atoms with van der Waals surface area (Å²) >= 11 is 13.4. The van der Waals surface area contributed by atoms with Crippen LogP contribution in [0.4, 0.5) is 5.69 Å². The molecule has 0 aliphatic carbocycles. The second-order valence-electron chi connectivity index (χ2n) is 6.71. The van der Waals surface area contributed by atoms with Crippen LogP contribution in [-0.4, -0.2) is 30.7 Å². The van der Waals surface area contributed by atoms with Crippen molar-refractivity contribution in [1.29, 1.82) is 5.26 Å². The third kappa shape index (κ3) is 5.10. The first kappa shape index (κ1) is 23.7. The summed E-state index contributed by atoms with van der Waals surface area (Å²) in [6.45, 7) is 3.76. The highest BCUT2D eigenvalue weighted by atomic mass is 35.5. The number of hydrogen-bond donors (Lipinski definition) is 1. The Balaban J connectivity index is 2.03. The summed E-state index contributed by atoms with van der Waals surface area (Å²) in [6, 6.07) is 13.8. The molecule has 0 aromatic heterocycles. The van der Waals surface area contributed by atoms with E-state index in [1.54, 1.807) is 49.6 Å². The number of amides is 2. The van der Waals surface area contributed by atoms with Crippen molar-refractivity contribution in [2.45, 2.75) is 11.7 Å². The van der Waals surface area contributed by atoms with Crippen molar-refractivity contribution in [1.82, 2.24) is 5.32 Å². The monoisotopic (exact) mass is 487 g/mol. The molecule has 0 radical (unpaired) electrons. The molecule has 1 fully saturated rings. The lowest BCUT2D eigenvalue weighted by Gasteiger charge is -2.19. The number of ether oxygens (including phenoxy) is 1. The minimum Gasteiger partial charge on any atom is -0.497 e. The number of benzene rings is 2. The van der Waals surface area contributed by atoms with E-state index in [1.165, 1.54) is 11.0 Å². The van der Waals surface area contributed by atoms with Gasteiger partial charge in [0.25, 0.3) is 5.91 Å². The number of carbonyl (C=O) groups is 2. The van der Waals surface area contributed by atoms with Gasteiger partial charge in [0.05, 0.1) is 12.4 Å². The lowest BCUT2D eigenvalue weighted by atomic mass is 10.1. The van der Waals surface area contributed by atoms with E-state index in [4.69, 9.17) is 27.9 Å². The largest absolute Gasteiger partial charge is 0.497 e. The Hall–Kier alpha value is -2.92. The van der Waals surface area contributed by atoms with Crippen LogP contribution in [0, 0.1) is 11.3 Å². The second-order valence-corrected chi connectivity index (χ2v) is 8.74. The predicted octanol–water partition coefficient (Wildman–Crippen LogP) is 4.73. The zero-order valence-corrected chi connectivity index (χ0v) is 19.4. The Kier molecular flexibility index (Phi) is 7.86. The first-order valence-corrected chi connectivity index (χ1v) is 11.1. The van der Waals surface area contributed by atoms with E-state index in [-0.39, 0.29) is 23.1 Å². The summed E-state index contributed by atoms with van der Waals surface area (Å²) in [7, 11) is 1.54. The molecule has 1 N–H and O–H groups in total. The van der Waals surface area contributed by atoms with E-state index in [1.807, 2.05) is 6.07 Å². The highest BCUT2D eigenvalue weighted by Gasteiger charge is 2.41. The Morgan fingerprint density at radius 3 is 2.62 bits per heavy atom. The average Bonchev–Trinajstić information content (AvgIpc) is 3.10. The highest BCUT2D eigenvalue weighted by molar-refractivity contribution is 8.05. The lowest BCUT2D eigenvalue weighted by Crippen LogP contribution is -2.32. The molecule has 1 aliphatic rings. The third-order valence-electron chi connectivity index (χ3n) is 4.66. The summed E-state index contributed by atoms with van der Waals surface area (Å²) in [4.78, 5) is 27.4. The molecule has 2 amide bonds. The maximum absolute atomic E-state index is 13.4. The summed E-state index contributed by atoms with van der Waals surface area (Å²) in [5, 5.41) is 13.0. The third-order valence-corrected chi connectivity index (χ3v) is 6.51. The van der Waals surface area contributed by atoms with Crippen molar-refractivity contribution in [2.75, 3.05) is 18.6 Å². The van der Waals surface area contributed by atoms with Gasteiger partial charge in [0.15, 0.2) is 0 Å². The number of methoxy groups -OCH3 is 1. The molecule has 9 heteroatoms. The number of carbonyl (C=O) groups excluding carboxylic acids is 2. The van der Waals surface area contributed by atoms with Crippen LogP contribution in [0.15, 0.2) is 65.7 Å². The standard InChI is InChI=1S/C23H19Cl2N3O3S/c1-3-10-27-21(29)18(13-26)23-28(16-6-8-17(31-2)9-7-16)22(30)20(32-23)11-14-4-5-15(24)12-19(14)25/h3-9,12,20H,1,10-11H2,2H3,(H,27,29)/b23-18-. The maximum atomic E-state index is 13.4. The number of anilines is 1. The van der Waals surface area contributed by atoms with Crippen LogP contribution in [0.3, 0.4) is 0 Å². The number of thioether (sulfide) groups is 1. The summed E-state index contributed by atoms with van der Waals surface area (Å²) < 4.78 is 5.19. The number of halogens is 2. The molecule has 0 spiro atoms. The van der Waals surface area contributed by atoms with Gasteiger partial charge in [-0.2, -0.15) is 5.26 Å². The van der Waals surface area contributed by atoms with Gasteiger partial charge in [-0.05, 0) is 48.4 Å². The molecule has 0 saturated carbocycles. The molecule has 1 saturated heterocycles. The molecule has 1 atom stereocenters. The van der Waals surface area contributed by atoms with Crippen molar-refractivity contribution in [3.8, 4) is 11.8 Å². The molecule has 3 rings (SSSR count). The van der Waals surface area contributed by atoms with Crippen molar-refractivity contribution in [3.63, 3.8) is 0 Å². The fraction of sp³-hybridized carbons (Fsp3) is 0.174. The van der Waals surface area contributed by atoms with Crippen LogP contribution in [0.2, 0.25) is 10.0 Å². The number of hydrogen-bond acceptors (Lipinski definition) is 5. The predicted molar refractivity (Wildman–Crippen MR) is 128 cm³/mol. The fourth-order valence-corrected chi connectivity index (χ4v) is 4.87. The molecule has 2 aromatic carbocycles. The van der Waals surface area contributed by atoms with E-state index in [2.05, 4.69) is 11.9 Å². The number of nitriles is 1. The number of nitrogens with zero attached hydrogens (tertiary/aromatic N) is 2. The van der Waals surface area contributed by atoms with Crippen molar-refractivity contribution < 1.29 is 14.3 Å². The molecule has 0 bridgehead atoms. The minimum absolute atomic E-state index is 0.147. The number of nitrogens with one attached hydrogen (secondary N) is 1. The van der Waals surface area contributed by atoms with Crippen LogP contribution in [0.1, 0.15) is 5.56 Å². The molecular weight excluding hydrogens is 469 g/mol. The van der Waals surface area contributed by atoms with Gasteiger partial charge in [0.1, 0.15) is 22.4 Å². The maximum Gasteiger partial charge on any atom is 0.264 e. The highest BCUT2D eigenvalue weighted by Crippen LogP contribution is 2.42. The molecule has 2 aromatic rings. The van der Waals surface area contributed by atoms with Crippen LogP contribution in [0.25, 0.3) is 0 Å². The summed E-state index contributed by atoms with van der Waals surface area (Å²) in [5.41, 5.74) is 1.12. The topological polar surface area (TPSA) is 82.4 Å². The normalized spacial score (nSPS) is 17.0. The van der Waals surface area contributed by atoms with Gasteiger partial charge >= 0.3 is 0 Å². The molecule has 6 nitrogen and oxygen atoms in total. The lowest BCUT2D eigenvalue weighted by molar-refractivity contribution is -0.117. The zero-order chi connectivity index (χ0) is 23.3. The van der Waals surface area contributed by atoms with Crippen LogP contribution >= 0.6 is 35.0 Å². The van der Waals surface area contributed by atoms with Gasteiger partial charge < -0.3 is 10.1 Å². The van der Waals surface area contributed by atoms with E-state index in [0.29, 0.717) is 27.9 Å². The molecule has 32 heavy (non-hydrogen) atoms. The van der Waals surface area contributed by atoms with Crippen LogP contribution in [-0.2, 0) is 16.0 Å². The molecule has 1 aliphatic heterocycles. The Bertz CT molecular complexity index is 1130. The van der Waals surface area contributed by atoms with Crippen molar-refractivity contribution in [2.24, 2.45) is 0 Å². The Morgan fingerprint density at radius 1 is 1.31 bits per heavy atom. The van der Waals surface area contributed by atoms with Crippen LogP contribution in [0.5, 0.6) is 5.75 Å². The van der Waals surface area contributed by atoms with E-state index in [9.17, 15) is 14.9 Å². The minimum atomic E-state index is -0.582. The SMILES string of the molecule is C=CCNC(=O)/C(C#N)=C1\SC(Cc2ccc(Cl)cc2Cl)C(=O)N1c1ccc(OC)cc1. The molecule has 1 unspecified atom stereocenters. The quantitative estimate of drug-likeness (QED) is 0.346. The Morgan fingerprint density at radius 2 is 2.03 bits per heavy atom. The summed E-state index contributed by atoms with van der Waals surface area (Å²) in [6.07, 6.45) is 1.82. The van der Waals surface area contributed by atoms with E-state index < -0.39 is 11.2 Å². The summed E-state index contributed by atoms with van der Waals surface area (Å²) in [5.74, 6) is -0.218. The first-order chi connectivity index (χ1) is 15.4. The fourth-order valence-electron chi connectivity index (χ4n) is 3.09. The Labute approximate surface area is 200 Å². The van der Waals surface area contributed by atoms with E-state index in [0.717, 1.165) is 17.3 Å². The van der Waals surface area contributed by atoms with Gasteiger partial charge in [-0.25, -0.2) is 0 Å². The van der Waals surface area contributed by atoms with Gasteiger partial charge in [0, 0.05) is 22.3 Å². The second kappa shape index (κ2) is 10.6. The molecule has 164 valence electrons.